The normalized spacial score (nSPS) is 15.0. The van der Waals surface area contributed by atoms with Crippen LogP contribution in [0, 0.1) is 13.8 Å². The van der Waals surface area contributed by atoms with Crippen LogP contribution in [-0.2, 0) is 6.54 Å². The number of phenolic OH excluding ortho intramolecular Hbond substituents is 1. The number of amides is 1. The number of aryl methyl sites for hydroxylation is 2. The minimum absolute atomic E-state index is 0.124. The molecule has 3 aromatic carbocycles. The van der Waals surface area contributed by atoms with Crippen molar-refractivity contribution < 1.29 is 14.6 Å². The molecule has 0 aliphatic carbocycles. The number of halogens is 1. The Morgan fingerprint density at radius 2 is 1.79 bits per heavy atom. The summed E-state index contributed by atoms with van der Waals surface area (Å²) in [6.07, 6.45) is 0. The van der Waals surface area contributed by atoms with Crippen LogP contribution in [0.4, 0.5) is 0 Å². The van der Waals surface area contributed by atoms with E-state index in [0.29, 0.717) is 23.5 Å². The molecule has 7 heteroatoms. The molecule has 1 atom stereocenters. The average molecular weight is 518 g/mol. The first-order chi connectivity index (χ1) is 16.4. The zero-order valence-electron chi connectivity index (χ0n) is 19.1. The maximum atomic E-state index is 13.6. The number of hydrogen-bond acceptors (Lipinski definition) is 4. The number of phenols is 1. The van der Waals surface area contributed by atoms with Gasteiger partial charge in [-0.1, -0.05) is 46.3 Å². The first-order valence-electron chi connectivity index (χ1n) is 11.0. The number of aromatic hydroxyl groups is 1. The first kappa shape index (κ1) is 22.2. The lowest BCUT2D eigenvalue weighted by Crippen LogP contribution is -2.29. The quantitative estimate of drug-likeness (QED) is 0.344. The third-order valence-corrected chi connectivity index (χ3v) is 6.79. The van der Waals surface area contributed by atoms with Crippen LogP contribution in [0.25, 0.3) is 11.3 Å². The average Bonchev–Trinajstić information content (AvgIpc) is 3.37. The fraction of sp³-hybridized carbons (Fsp3) is 0.185. The van der Waals surface area contributed by atoms with E-state index in [0.717, 1.165) is 38.0 Å². The number of benzene rings is 3. The van der Waals surface area contributed by atoms with E-state index in [-0.39, 0.29) is 17.7 Å². The smallest absolute Gasteiger partial charge is 0.273 e. The van der Waals surface area contributed by atoms with Crippen molar-refractivity contribution in [2.24, 2.45) is 0 Å². The van der Waals surface area contributed by atoms with E-state index in [1.54, 1.807) is 7.11 Å². The number of ether oxygens (including phenoxy) is 1. The molecule has 0 saturated carbocycles. The predicted octanol–water partition coefficient (Wildman–Crippen LogP) is 5.92. The third-order valence-electron chi connectivity index (χ3n) is 6.26. The highest BCUT2D eigenvalue weighted by Gasteiger charge is 2.42. The zero-order chi connectivity index (χ0) is 24.0. The van der Waals surface area contributed by atoms with Gasteiger partial charge in [-0.3, -0.25) is 9.89 Å². The fourth-order valence-corrected chi connectivity index (χ4v) is 4.89. The van der Waals surface area contributed by atoms with E-state index in [1.807, 2.05) is 79.4 Å². The van der Waals surface area contributed by atoms with Crippen LogP contribution >= 0.6 is 15.9 Å². The minimum Gasteiger partial charge on any atom is -0.507 e. The topological polar surface area (TPSA) is 78.5 Å². The Morgan fingerprint density at radius 3 is 2.47 bits per heavy atom. The maximum Gasteiger partial charge on any atom is 0.273 e. The molecular weight excluding hydrogens is 494 g/mol. The molecule has 4 aromatic rings. The summed E-state index contributed by atoms with van der Waals surface area (Å²) in [7, 11) is 1.63. The lowest BCUT2D eigenvalue weighted by atomic mass is 9.94. The molecule has 0 fully saturated rings. The van der Waals surface area contributed by atoms with Gasteiger partial charge in [-0.25, -0.2) is 0 Å². The number of fused-ring (bicyclic) bond motifs is 1. The number of nitrogens with one attached hydrogen (secondary N) is 1. The second-order valence-corrected chi connectivity index (χ2v) is 9.49. The summed E-state index contributed by atoms with van der Waals surface area (Å²) in [5.41, 5.74) is 6.19. The van der Waals surface area contributed by atoms with Crippen molar-refractivity contribution in [3.8, 4) is 22.8 Å². The summed E-state index contributed by atoms with van der Waals surface area (Å²) in [5.74, 6) is 0.819. The van der Waals surface area contributed by atoms with E-state index in [1.165, 1.54) is 0 Å². The molecule has 2 N–H and O–H groups in total. The number of aromatic nitrogens is 2. The van der Waals surface area contributed by atoms with Gasteiger partial charge in [0, 0.05) is 22.1 Å². The molecule has 0 radical (unpaired) electrons. The Bertz CT molecular complexity index is 1380. The molecule has 2 heterocycles. The minimum atomic E-state index is -0.355. The highest BCUT2D eigenvalue weighted by Crippen LogP contribution is 2.46. The van der Waals surface area contributed by atoms with Gasteiger partial charge in [0.1, 0.15) is 22.9 Å². The van der Waals surface area contributed by atoms with Crippen LogP contribution in [0.15, 0.2) is 65.1 Å². The molecule has 0 saturated heterocycles. The van der Waals surface area contributed by atoms with Crippen LogP contribution in [0.5, 0.6) is 11.5 Å². The van der Waals surface area contributed by atoms with Crippen LogP contribution in [0.1, 0.15) is 44.3 Å². The standard InChI is InChI=1S/C27H24BrN3O3/c1-15-12-16(2)26(32)21(13-15)23-22-24(30-29-23)27(33)31(14-17-4-10-20(34-3)11-5-17)25(22)18-6-8-19(28)9-7-18/h4-13,25,32H,14H2,1-3H3,(H,29,30). The van der Waals surface area contributed by atoms with Crippen molar-refractivity contribution in [2.45, 2.75) is 26.4 Å². The van der Waals surface area contributed by atoms with Crippen LogP contribution in [0.2, 0.25) is 0 Å². The number of rotatable bonds is 5. The highest BCUT2D eigenvalue weighted by molar-refractivity contribution is 9.10. The van der Waals surface area contributed by atoms with Crippen molar-refractivity contribution in [3.05, 3.63) is 98.6 Å². The summed E-state index contributed by atoms with van der Waals surface area (Å²) >= 11 is 3.51. The van der Waals surface area contributed by atoms with Gasteiger partial charge in [0.2, 0.25) is 0 Å². The molecular formula is C27H24BrN3O3. The largest absolute Gasteiger partial charge is 0.507 e. The summed E-state index contributed by atoms with van der Waals surface area (Å²) in [6, 6.07) is 19.2. The number of methoxy groups -OCH3 is 1. The van der Waals surface area contributed by atoms with Crippen LogP contribution < -0.4 is 4.74 Å². The fourth-order valence-electron chi connectivity index (χ4n) is 4.62. The number of carbonyl (C=O) groups is 1. The molecule has 1 unspecified atom stereocenters. The lowest BCUT2D eigenvalue weighted by molar-refractivity contribution is 0.0730. The number of aromatic amines is 1. The Balaban J connectivity index is 1.65. The van der Waals surface area contributed by atoms with Crippen molar-refractivity contribution in [1.29, 1.82) is 0 Å². The molecule has 1 aliphatic heterocycles. The van der Waals surface area contributed by atoms with Crippen molar-refractivity contribution in [1.82, 2.24) is 15.1 Å². The summed E-state index contributed by atoms with van der Waals surface area (Å²) in [4.78, 5) is 15.4. The monoisotopic (exact) mass is 517 g/mol. The molecule has 1 aromatic heterocycles. The summed E-state index contributed by atoms with van der Waals surface area (Å²) in [6.45, 7) is 4.27. The first-order valence-corrected chi connectivity index (χ1v) is 11.7. The van der Waals surface area contributed by atoms with Gasteiger partial charge >= 0.3 is 0 Å². The Morgan fingerprint density at radius 1 is 1.09 bits per heavy atom. The highest BCUT2D eigenvalue weighted by atomic mass is 79.9. The predicted molar refractivity (Wildman–Crippen MR) is 134 cm³/mol. The summed E-state index contributed by atoms with van der Waals surface area (Å²) < 4.78 is 6.23. The molecule has 34 heavy (non-hydrogen) atoms. The van der Waals surface area contributed by atoms with Gasteiger partial charge in [0.15, 0.2) is 0 Å². The molecule has 5 rings (SSSR count). The second kappa shape index (κ2) is 8.65. The van der Waals surface area contributed by atoms with E-state index in [9.17, 15) is 9.90 Å². The van der Waals surface area contributed by atoms with E-state index in [4.69, 9.17) is 4.74 Å². The zero-order valence-corrected chi connectivity index (χ0v) is 20.7. The third kappa shape index (κ3) is 3.76. The molecule has 1 amide bonds. The number of H-pyrrole nitrogens is 1. The number of nitrogens with zero attached hydrogens (tertiary/aromatic N) is 2. The van der Waals surface area contributed by atoms with Gasteiger partial charge in [0.25, 0.3) is 5.91 Å². The second-order valence-electron chi connectivity index (χ2n) is 8.57. The van der Waals surface area contributed by atoms with E-state index < -0.39 is 0 Å². The maximum absolute atomic E-state index is 13.6. The van der Waals surface area contributed by atoms with E-state index >= 15 is 0 Å². The van der Waals surface area contributed by atoms with Crippen LogP contribution in [0.3, 0.4) is 0 Å². The van der Waals surface area contributed by atoms with Crippen molar-refractivity contribution >= 4 is 21.8 Å². The molecule has 0 bridgehead atoms. The Hall–Kier alpha value is -3.58. The van der Waals surface area contributed by atoms with E-state index in [2.05, 4.69) is 26.1 Å². The molecule has 0 spiro atoms. The Kier molecular flexibility index (Phi) is 5.65. The number of carbonyl (C=O) groups excluding carboxylic acids is 1. The van der Waals surface area contributed by atoms with Gasteiger partial charge in [-0.2, -0.15) is 5.10 Å². The van der Waals surface area contributed by atoms with Crippen molar-refractivity contribution in [2.75, 3.05) is 7.11 Å². The van der Waals surface area contributed by atoms with Gasteiger partial charge in [-0.15, -0.1) is 0 Å². The van der Waals surface area contributed by atoms with Gasteiger partial charge in [0.05, 0.1) is 13.2 Å². The van der Waals surface area contributed by atoms with Gasteiger partial charge in [-0.05, 0) is 66.4 Å². The van der Waals surface area contributed by atoms with Gasteiger partial charge < -0.3 is 14.7 Å². The molecule has 172 valence electrons. The number of hydrogen-bond donors (Lipinski definition) is 2. The Labute approximate surface area is 206 Å². The molecule has 1 aliphatic rings. The summed E-state index contributed by atoms with van der Waals surface area (Å²) in [5, 5.41) is 18.3. The van der Waals surface area contributed by atoms with Crippen molar-refractivity contribution in [3.63, 3.8) is 0 Å². The van der Waals surface area contributed by atoms with Crippen LogP contribution in [-0.4, -0.2) is 33.2 Å². The lowest BCUT2D eigenvalue weighted by Gasteiger charge is -2.27. The SMILES string of the molecule is COc1ccc(CN2C(=O)c3[nH]nc(-c4cc(C)cc(C)c4O)c3C2c2ccc(Br)cc2)cc1. The molecule has 6 nitrogen and oxygen atoms in total.